The fraction of sp³-hybridized carbons (Fsp3) is 0.500. The summed E-state index contributed by atoms with van der Waals surface area (Å²) in [5, 5.41) is 5.56. The van der Waals surface area contributed by atoms with Gasteiger partial charge in [0.1, 0.15) is 0 Å². The quantitative estimate of drug-likeness (QED) is 0.824. The summed E-state index contributed by atoms with van der Waals surface area (Å²) in [4.78, 5) is 36.9. The monoisotopic (exact) mass is 314 g/mol. The van der Waals surface area contributed by atoms with Crippen LogP contribution in [-0.4, -0.2) is 29.7 Å². The lowest BCUT2D eigenvalue weighted by atomic mass is 9.93. The van der Waals surface area contributed by atoms with E-state index in [9.17, 15) is 14.4 Å². The molecule has 2 N–H and O–H groups in total. The first-order valence-electron chi connectivity index (χ1n) is 8.33. The van der Waals surface area contributed by atoms with Gasteiger partial charge in [-0.05, 0) is 24.8 Å². The Hall–Kier alpha value is -2.17. The van der Waals surface area contributed by atoms with Gasteiger partial charge in [-0.1, -0.05) is 49.6 Å². The molecule has 2 amide bonds. The normalized spacial score (nSPS) is 25.2. The number of carbonyl (C=O) groups is 3. The highest BCUT2D eigenvalue weighted by Gasteiger charge is 2.45. The Kier molecular flexibility index (Phi) is 4.74. The number of Topliss-reactive ketones (excluding diaryl/α,β-unsaturated/α-hetero) is 1. The topological polar surface area (TPSA) is 75.3 Å². The molecule has 23 heavy (non-hydrogen) atoms. The van der Waals surface area contributed by atoms with Crippen LogP contribution in [0.25, 0.3) is 0 Å². The first-order chi connectivity index (χ1) is 11.1. The average molecular weight is 314 g/mol. The lowest BCUT2D eigenvalue weighted by Crippen LogP contribution is -2.44. The number of nitrogens with one attached hydrogen (secondary N) is 2. The molecule has 1 aromatic rings. The van der Waals surface area contributed by atoms with Gasteiger partial charge in [-0.2, -0.15) is 0 Å². The molecule has 5 nitrogen and oxygen atoms in total. The van der Waals surface area contributed by atoms with Gasteiger partial charge in [-0.15, -0.1) is 0 Å². The van der Waals surface area contributed by atoms with Crippen molar-refractivity contribution in [1.82, 2.24) is 10.6 Å². The second-order valence-corrected chi connectivity index (χ2v) is 6.43. The predicted molar refractivity (Wildman–Crippen MR) is 85.6 cm³/mol. The maximum absolute atomic E-state index is 12.5. The molecule has 2 atom stereocenters. The zero-order valence-electron chi connectivity index (χ0n) is 13.1. The third-order valence-corrected chi connectivity index (χ3v) is 4.70. The number of hydrogen-bond acceptors (Lipinski definition) is 3. The highest BCUT2D eigenvalue weighted by Crippen LogP contribution is 2.20. The molecule has 1 heterocycles. The van der Waals surface area contributed by atoms with Crippen LogP contribution in [0.2, 0.25) is 0 Å². The molecule has 0 spiro atoms. The fourth-order valence-electron chi connectivity index (χ4n) is 3.44. The van der Waals surface area contributed by atoms with Crippen molar-refractivity contribution in [2.45, 2.75) is 50.6 Å². The Morgan fingerprint density at radius 1 is 1.09 bits per heavy atom. The smallest absolute Gasteiger partial charge is 0.240 e. The third-order valence-electron chi connectivity index (χ3n) is 4.70. The van der Waals surface area contributed by atoms with Crippen molar-refractivity contribution in [1.29, 1.82) is 0 Å². The van der Waals surface area contributed by atoms with E-state index >= 15 is 0 Å². The summed E-state index contributed by atoms with van der Waals surface area (Å²) in [7, 11) is 0. The Morgan fingerprint density at radius 3 is 2.48 bits per heavy atom. The van der Waals surface area contributed by atoms with Gasteiger partial charge in [0.2, 0.25) is 11.8 Å². The summed E-state index contributed by atoms with van der Waals surface area (Å²) in [6.45, 7) is 0. The molecule has 3 rings (SSSR count). The summed E-state index contributed by atoms with van der Waals surface area (Å²) in [5.74, 6) is -2.41. The lowest BCUT2D eigenvalue weighted by molar-refractivity contribution is -0.138. The van der Waals surface area contributed by atoms with Crippen molar-refractivity contribution in [2.75, 3.05) is 0 Å². The van der Waals surface area contributed by atoms with Crippen LogP contribution in [0.4, 0.5) is 0 Å². The van der Waals surface area contributed by atoms with E-state index in [0.717, 1.165) is 31.2 Å². The predicted octanol–water partition coefficient (Wildman–Crippen LogP) is 1.36. The fourth-order valence-corrected chi connectivity index (χ4v) is 3.44. The minimum Gasteiger partial charge on any atom is -0.352 e. The molecular weight excluding hydrogens is 292 g/mol. The first-order valence-corrected chi connectivity index (χ1v) is 8.33. The number of benzene rings is 1. The molecular formula is C18H22N2O3. The van der Waals surface area contributed by atoms with E-state index < -0.39 is 23.8 Å². The number of amides is 2. The molecule has 2 unspecified atom stereocenters. The van der Waals surface area contributed by atoms with Crippen LogP contribution in [0.5, 0.6) is 0 Å². The number of rotatable bonds is 4. The molecule has 122 valence electrons. The molecule has 5 heteroatoms. The van der Waals surface area contributed by atoms with Crippen LogP contribution in [0.15, 0.2) is 30.3 Å². The van der Waals surface area contributed by atoms with E-state index in [0.29, 0.717) is 6.42 Å². The van der Waals surface area contributed by atoms with Crippen LogP contribution in [0.1, 0.15) is 37.7 Å². The summed E-state index contributed by atoms with van der Waals surface area (Å²) in [6, 6.07) is 9.01. The van der Waals surface area contributed by atoms with Crippen molar-refractivity contribution < 1.29 is 14.4 Å². The second kappa shape index (κ2) is 6.94. The molecule has 1 aliphatic carbocycles. The largest absolute Gasteiger partial charge is 0.352 e. The Labute approximate surface area is 135 Å². The van der Waals surface area contributed by atoms with E-state index in [4.69, 9.17) is 0 Å². The number of ketones is 1. The van der Waals surface area contributed by atoms with Gasteiger partial charge in [-0.25, -0.2) is 0 Å². The van der Waals surface area contributed by atoms with Crippen LogP contribution in [-0.2, 0) is 20.8 Å². The molecule has 1 saturated heterocycles. The average Bonchev–Trinajstić information content (AvgIpc) is 2.83. The Balaban J connectivity index is 1.62. The summed E-state index contributed by atoms with van der Waals surface area (Å²) < 4.78 is 0. The van der Waals surface area contributed by atoms with Gasteiger partial charge in [0.15, 0.2) is 11.7 Å². The van der Waals surface area contributed by atoms with E-state index in [1.165, 1.54) is 6.42 Å². The molecule has 2 fully saturated rings. The van der Waals surface area contributed by atoms with Crippen LogP contribution >= 0.6 is 0 Å². The molecule has 2 aliphatic rings. The van der Waals surface area contributed by atoms with Crippen molar-refractivity contribution in [3.8, 4) is 0 Å². The molecule has 0 bridgehead atoms. The van der Waals surface area contributed by atoms with Crippen molar-refractivity contribution in [3.05, 3.63) is 35.9 Å². The van der Waals surface area contributed by atoms with Gasteiger partial charge in [0, 0.05) is 6.04 Å². The van der Waals surface area contributed by atoms with Crippen molar-refractivity contribution in [2.24, 2.45) is 5.92 Å². The van der Waals surface area contributed by atoms with E-state index in [2.05, 4.69) is 10.6 Å². The van der Waals surface area contributed by atoms with Crippen LogP contribution in [0, 0.1) is 5.92 Å². The third kappa shape index (κ3) is 3.60. The van der Waals surface area contributed by atoms with Gasteiger partial charge in [-0.3, -0.25) is 14.4 Å². The number of carbonyl (C=O) groups excluding carboxylic acids is 3. The first kappa shape index (κ1) is 15.7. The summed E-state index contributed by atoms with van der Waals surface area (Å²) >= 11 is 0. The highest BCUT2D eigenvalue weighted by atomic mass is 16.2. The molecule has 1 saturated carbocycles. The minimum absolute atomic E-state index is 0.102. The van der Waals surface area contributed by atoms with E-state index in [1.807, 2.05) is 30.3 Å². The summed E-state index contributed by atoms with van der Waals surface area (Å²) in [5.41, 5.74) is 0.972. The van der Waals surface area contributed by atoms with E-state index in [1.54, 1.807) is 0 Å². The zero-order valence-corrected chi connectivity index (χ0v) is 13.1. The van der Waals surface area contributed by atoms with Gasteiger partial charge in [0.25, 0.3) is 0 Å². The standard InChI is InChI=1S/C18H22N2O3/c21-16-14(11-12-7-3-1-4-8-12)20-18(23)15(16)17(22)19-13-9-5-2-6-10-13/h1,3-4,7-8,13-15H,2,5-6,9-11H2,(H,19,22)(H,20,23). The maximum atomic E-state index is 12.5. The molecule has 1 aliphatic heterocycles. The maximum Gasteiger partial charge on any atom is 0.240 e. The van der Waals surface area contributed by atoms with Crippen LogP contribution in [0.3, 0.4) is 0 Å². The van der Waals surface area contributed by atoms with Gasteiger partial charge in [0.05, 0.1) is 6.04 Å². The molecule has 0 radical (unpaired) electrons. The second-order valence-electron chi connectivity index (χ2n) is 6.43. The van der Waals surface area contributed by atoms with Crippen molar-refractivity contribution >= 4 is 17.6 Å². The SMILES string of the molecule is O=C(NC1CCCCC1)C1C(=O)NC(Cc2ccccc2)C1=O. The Bertz CT molecular complexity index is 594. The minimum atomic E-state index is -1.19. The Morgan fingerprint density at radius 2 is 1.78 bits per heavy atom. The zero-order chi connectivity index (χ0) is 16.2. The highest BCUT2D eigenvalue weighted by molar-refractivity contribution is 6.23. The van der Waals surface area contributed by atoms with Gasteiger partial charge < -0.3 is 10.6 Å². The van der Waals surface area contributed by atoms with Crippen molar-refractivity contribution in [3.63, 3.8) is 0 Å². The van der Waals surface area contributed by atoms with Gasteiger partial charge >= 0.3 is 0 Å². The number of hydrogen-bond donors (Lipinski definition) is 2. The lowest BCUT2D eigenvalue weighted by Gasteiger charge is -2.23. The van der Waals surface area contributed by atoms with E-state index in [-0.39, 0.29) is 11.8 Å². The van der Waals surface area contributed by atoms with Crippen LogP contribution < -0.4 is 10.6 Å². The molecule has 1 aromatic carbocycles. The molecule has 0 aromatic heterocycles. The summed E-state index contributed by atoms with van der Waals surface area (Å²) in [6.07, 6.45) is 5.66.